The molecule has 0 aromatic carbocycles. The van der Waals surface area contributed by atoms with Crippen LogP contribution in [0.15, 0.2) is 36.2 Å². The van der Waals surface area contributed by atoms with Gasteiger partial charge in [-0.15, -0.1) is 0 Å². The van der Waals surface area contributed by atoms with Crippen molar-refractivity contribution in [1.82, 2.24) is 10.3 Å². The summed E-state index contributed by atoms with van der Waals surface area (Å²) < 4.78 is 19.4. The van der Waals surface area contributed by atoms with Gasteiger partial charge in [-0.1, -0.05) is 45.4 Å². The first kappa shape index (κ1) is 26.9. The van der Waals surface area contributed by atoms with Crippen LogP contribution in [-0.2, 0) is 20.8 Å². The molecule has 6 heteroatoms. The van der Waals surface area contributed by atoms with E-state index >= 15 is 0 Å². The molecule has 2 saturated heterocycles. The average molecular weight is 549 g/mol. The Bertz CT molecular complexity index is 1150. The fraction of sp³-hybridized carbons (Fsp3) is 0.765. The largest absolute Gasteiger partial charge is 0.446 e. The van der Waals surface area contributed by atoms with Gasteiger partial charge >= 0.3 is 6.09 Å². The molecule has 7 rings (SSSR count). The molecular weight excluding hydrogens is 500 g/mol. The average Bonchev–Trinajstić information content (AvgIpc) is 3.40. The van der Waals surface area contributed by atoms with Gasteiger partial charge in [-0.25, -0.2) is 4.79 Å². The number of allylic oxidation sites excluding steroid dienone is 1. The fourth-order valence-electron chi connectivity index (χ4n) is 10.6. The maximum absolute atomic E-state index is 12.6. The number of aromatic nitrogens is 1. The van der Waals surface area contributed by atoms with E-state index in [1.54, 1.807) is 18.0 Å². The first-order valence-electron chi connectivity index (χ1n) is 16.1. The van der Waals surface area contributed by atoms with Gasteiger partial charge in [-0.2, -0.15) is 0 Å². The number of alkyl carbamates (subject to hydrolysis) is 1. The number of hydrogen-bond acceptors (Lipinski definition) is 5. The quantitative estimate of drug-likeness (QED) is 0.410. The summed E-state index contributed by atoms with van der Waals surface area (Å²) in [5.41, 5.74) is 3.09. The van der Waals surface area contributed by atoms with Crippen molar-refractivity contribution in [2.75, 3.05) is 6.61 Å². The van der Waals surface area contributed by atoms with Crippen molar-refractivity contribution in [2.45, 2.75) is 110 Å². The van der Waals surface area contributed by atoms with Crippen LogP contribution >= 0.6 is 0 Å². The summed E-state index contributed by atoms with van der Waals surface area (Å²) in [4.78, 5) is 16.7. The Labute approximate surface area is 240 Å². The lowest BCUT2D eigenvalue weighted by atomic mass is 9.47. The number of rotatable bonds is 3. The lowest BCUT2D eigenvalue weighted by molar-refractivity contribution is -0.272. The summed E-state index contributed by atoms with van der Waals surface area (Å²) in [6, 6.07) is 3.85. The van der Waals surface area contributed by atoms with E-state index in [1.165, 1.54) is 32.1 Å². The van der Waals surface area contributed by atoms with E-state index in [0.29, 0.717) is 35.8 Å². The molecule has 0 bridgehead atoms. The Balaban J connectivity index is 1.02. The number of nitrogens with zero attached hydrogens (tertiary/aromatic N) is 1. The Morgan fingerprint density at radius 3 is 2.80 bits per heavy atom. The van der Waals surface area contributed by atoms with Crippen molar-refractivity contribution in [1.29, 1.82) is 0 Å². The summed E-state index contributed by atoms with van der Waals surface area (Å²) in [6.45, 7) is 11.2. The van der Waals surface area contributed by atoms with Crippen molar-refractivity contribution in [3.05, 3.63) is 41.7 Å². The zero-order valence-electron chi connectivity index (χ0n) is 24.9. The standard InChI is InChI=1S/C34H48N2O4/c1-21-9-14-34(38-20-21)22(2)30-29(40-34)17-28-26-8-7-24-16-25(39-31(37)36-19-23-6-5-15-35-18-23)10-12-32(24,3)27(26)11-13-33(28,30)4/h5-7,15,18,21-22,25-30H,8-14,16-17,19-20H2,1-4H3,(H,36,37)/t21-,22+,25+,26-,27+,28+,29+,30+,32+,33+,34-/m1/s1. The molecule has 2 aliphatic heterocycles. The molecule has 6 aliphatic rings. The molecule has 40 heavy (non-hydrogen) atoms. The van der Waals surface area contributed by atoms with Crippen LogP contribution in [0.2, 0.25) is 0 Å². The molecule has 5 fully saturated rings. The van der Waals surface area contributed by atoms with Crippen LogP contribution in [0.4, 0.5) is 4.79 Å². The summed E-state index contributed by atoms with van der Waals surface area (Å²) in [5.74, 6) is 3.58. The number of hydrogen-bond donors (Lipinski definition) is 1. The normalized spacial score (nSPS) is 47.5. The number of pyridine rings is 1. The van der Waals surface area contributed by atoms with Crippen LogP contribution in [0.25, 0.3) is 0 Å². The maximum Gasteiger partial charge on any atom is 0.407 e. The summed E-state index contributed by atoms with van der Waals surface area (Å²) >= 11 is 0. The van der Waals surface area contributed by atoms with Crippen LogP contribution in [0.5, 0.6) is 0 Å². The molecule has 1 aromatic rings. The molecule has 1 amide bonds. The van der Waals surface area contributed by atoms with E-state index in [9.17, 15) is 4.79 Å². The van der Waals surface area contributed by atoms with E-state index in [4.69, 9.17) is 14.2 Å². The van der Waals surface area contributed by atoms with Gasteiger partial charge in [0.2, 0.25) is 0 Å². The van der Waals surface area contributed by atoms with Gasteiger partial charge in [0.15, 0.2) is 5.79 Å². The minimum Gasteiger partial charge on any atom is -0.446 e. The van der Waals surface area contributed by atoms with E-state index in [1.807, 2.05) is 12.1 Å². The van der Waals surface area contributed by atoms with Crippen molar-refractivity contribution in [2.24, 2.45) is 46.3 Å². The molecule has 6 nitrogen and oxygen atoms in total. The van der Waals surface area contributed by atoms with Crippen molar-refractivity contribution in [3.63, 3.8) is 0 Å². The molecule has 4 aliphatic carbocycles. The second-order valence-electron chi connectivity index (χ2n) is 14.8. The van der Waals surface area contributed by atoms with Gasteiger partial charge in [0.05, 0.1) is 12.7 Å². The molecule has 0 radical (unpaired) electrons. The lowest BCUT2D eigenvalue weighted by Gasteiger charge is -2.58. The molecule has 1 N–H and O–H groups in total. The number of carbonyl (C=O) groups is 1. The molecule has 218 valence electrons. The number of amides is 1. The highest BCUT2D eigenvalue weighted by Gasteiger charge is 2.68. The van der Waals surface area contributed by atoms with Crippen molar-refractivity contribution >= 4 is 6.09 Å². The van der Waals surface area contributed by atoms with Crippen LogP contribution < -0.4 is 5.32 Å². The third kappa shape index (κ3) is 4.18. The number of ether oxygens (including phenoxy) is 3. The lowest BCUT2D eigenvalue weighted by Crippen LogP contribution is -2.52. The Kier molecular flexibility index (Phi) is 6.62. The topological polar surface area (TPSA) is 69.7 Å². The van der Waals surface area contributed by atoms with Crippen LogP contribution in [0.1, 0.15) is 91.0 Å². The van der Waals surface area contributed by atoms with Gasteiger partial charge in [-0.3, -0.25) is 4.98 Å². The minimum absolute atomic E-state index is 0.0342. The monoisotopic (exact) mass is 548 g/mol. The Morgan fingerprint density at radius 1 is 1.15 bits per heavy atom. The summed E-state index contributed by atoms with van der Waals surface area (Å²) in [6.07, 6.45) is 16.3. The van der Waals surface area contributed by atoms with Crippen LogP contribution in [0.3, 0.4) is 0 Å². The predicted octanol–water partition coefficient (Wildman–Crippen LogP) is 7.04. The zero-order valence-corrected chi connectivity index (χ0v) is 24.9. The van der Waals surface area contributed by atoms with Gasteiger partial charge in [0.25, 0.3) is 0 Å². The molecule has 1 spiro atoms. The van der Waals surface area contributed by atoms with E-state index in [2.05, 4.69) is 44.1 Å². The van der Waals surface area contributed by atoms with E-state index in [0.717, 1.165) is 55.6 Å². The van der Waals surface area contributed by atoms with Gasteiger partial charge in [-0.05, 0) is 97.0 Å². The minimum atomic E-state index is -0.332. The van der Waals surface area contributed by atoms with Crippen LogP contribution in [-0.4, -0.2) is 35.7 Å². The number of nitrogens with one attached hydrogen (secondary N) is 1. The predicted molar refractivity (Wildman–Crippen MR) is 153 cm³/mol. The fourth-order valence-corrected chi connectivity index (χ4v) is 10.6. The molecule has 1 aromatic heterocycles. The summed E-state index contributed by atoms with van der Waals surface area (Å²) in [7, 11) is 0. The Hall–Kier alpha value is -1.92. The van der Waals surface area contributed by atoms with Crippen molar-refractivity contribution in [3.8, 4) is 0 Å². The molecule has 0 unspecified atom stereocenters. The summed E-state index contributed by atoms with van der Waals surface area (Å²) in [5, 5.41) is 2.91. The van der Waals surface area contributed by atoms with E-state index < -0.39 is 0 Å². The van der Waals surface area contributed by atoms with Gasteiger partial charge < -0.3 is 19.5 Å². The van der Waals surface area contributed by atoms with Crippen molar-refractivity contribution < 1.29 is 19.0 Å². The second-order valence-corrected chi connectivity index (χ2v) is 14.8. The van der Waals surface area contributed by atoms with Crippen LogP contribution in [0, 0.1) is 46.3 Å². The number of carbonyl (C=O) groups excluding carboxylic acids is 1. The third-order valence-corrected chi connectivity index (χ3v) is 12.8. The smallest absolute Gasteiger partial charge is 0.407 e. The molecule has 11 atom stereocenters. The highest BCUT2D eigenvalue weighted by atomic mass is 16.7. The molecular formula is C34H48N2O4. The first-order valence-corrected chi connectivity index (χ1v) is 16.1. The number of fused-ring (bicyclic) bond motifs is 7. The van der Waals surface area contributed by atoms with Gasteiger partial charge in [0, 0.05) is 37.7 Å². The second kappa shape index (κ2) is 9.83. The first-order chi connectivity index (χ1) is 19.2. The SMILES string of the molecule is C[C@@H]1CC[C@@]2(OC1)O[C@H]1C[C@H]3[C@@H]4CC=C5C[C@@H](OC(=O)NCc6cccnc6)CC[C@]5(C)[C@H]4CC[C@]3(C)[C@H]1[C@@H]2C. The molecule has 3 saturated carbocycles. The maximum atomic E-state index is 12.6. The third-order valence-electron chi connectivity index (χ3n) is 12.8. The molecule has 3 heterocycles. The van der Waals surface area contributed by atoms with Gasteiger partial charge in [0.1, 0.15) is 6.10 Å². The zero-order chi connectivity index (χ0) is 27.7. The Morgan fingerprint density at radius 2 is 2.02 bits per heavy atom. The highest BCUT2D eigenvalue weighted by Crippen LogP contribution is 2.70. The van der Waals surface area contributed by atoms with E-state index in [-0.39, 0.29) is 23.4 Å². The highest BCUT2D eigenvalue weighted by molar-refractivity contribution is 5.67.